The number of hydrogen-bond donors (Lipinski definition) is 1. The van der Waals surface area contributed by atoms with Crippen LogP contribution in [0.5, 0.6) is 0 Å². The molecular weight excluding hydrogens is 266 g/mol. The topological polar surface area (TPSA) is 37.8 Å². The van der Waals surface area contributed by atoms with E-state index in [2.05, 4.69) is 36.3 Å². The summed E-state index contributed by atoms with van der Waals surface area (Å²) in [7, 11) is 0. The van der Waals surface area contributed by atoms with Gasteiger partial charge in [0.05, 0.1) is 0 Å². The highest BCUT2D eigenvalue weighted by Crippen LogP contribution is 2.49. The molecule has 3 atom stereocenters. The number of nitrogens with one attached hydrogen (secondary N) is 1. The zero-order valence-corrected chi connectivity index (χ0v) is 13.8. The molecule has 2 fully saturated rings. The minimum atomic E-state index is 0.191. The van der Waals surface area contributed by atoms with Gasteiger partial charge in [0.1, 0.15) is 10.0 Å². The number of hydrogen-bond acceptors (Lipinski definition) is 4. The van der Waals surface area contributed by atoms with Crippen molar-refractivity contribution < 1.29 is 0 Å². The lowest BCUT2D eigenvalue weighted by Gasteiger charge is -2.20. The molecule has 0 saturated heterocycles. The monoisotopic (exact) mass is 293 g/mol. The Balaban J connectivity index is 1.47. The Morgan fingerprint density at radius 1 is 1.15 bits per heavy atom. The van der Waals surface area contributed by atoms with Gasteiger partial charge in [-0.05, 0) is 57.8 Å². The summed E-state index contributed by atoms with van der Waals surface area (Å²) in [6.45, 7) is 7.60. The predicted octanol–water partition coefficient (Wildman–Crippen LogP) is 3.45. The second kappa shape index (κ2) is 5.72. The molecule has 0 aromatic carbocycles. The van der Waals surface area contributed by atoms with Gasteiger partial charge in [0.2, 0.25) is 0 Å². The normalized spacial score (nSPS) is 29.2. The van der Waals surface area contributed by atoms with Gasteiger partial charge in [0.15, 0.2) is 0 Å². The summed E-state index contributed by atoms with van der Waals surface area (Å²) in [6.07, 6.45) is 8.09. The van der Waals surface area contributed by atoms with Gasteiger partial charge in [-0.1, -0.05) is 6.42 Å². The maximum atomic E-state index is 4.42. The molecule has 2 aliphatic carbocycles. The molecule has 3 rings (SSSR count). The minimum Gasteiger partial charge on any atom is -0.312 e. The molecule has 3 unspecified atom stereocenters. The van der Waals surface area contributed by atoms with E-state index < -0.39 is 0 Å². The van der Waals surface area contributed by atoms with E-state index >= 15 is 0 Å². The Labute approximate surface area is 126 Å². The van der Waals surface area contributed by atoms with Gasteiger partial charge < -0.3 is 5.32 Å². The largest absolute Gasteiger partial charge is 0.312 e. The lowest BCUT2D eigenvalue weighted by Crippen LogP contribution is -2.37. The molecule has 3 nitrogen and oxygen atoms in total. The zero-order valence-electron chi connectivity index (χ0n) is 13.0. The van der Waals surface area contributed by atoms with Crippen LogP contribution in [0.25, 0.3) is 0 Å². The summed E-state index contributed by atoms with van der Waals surface area (Å²) in [5.74, 6) is 2.94. The van der Waals surface area contributed by atoms with Crippen LogP contribution in [-0.4, -0.2) is 22.3 Å². The summed E-state index contributed by atoms with van der Waals surface area (Å²) in [5, 5.41) is 14.8. The van der Waals surface area contributed by atoms with E-state index in [1.54, 1.807) is 0 Å². The highest BCUT2D eigenvalue weighted by Gasteiger charge is 2.39. The fourth-order valence-corrected chi connectivity index (χ4v) is 4.80. The van der Waals surface area contributed by atoms with Gasteiger partial charge in [-0.25, -0.2) is 0 Å². The fourth-order valence-electron chi connectivity index (χ4n) is 3.87. The van der Waals surface area contributed by atoms with Crippen molar-refractivity contribution >= 4 is 11.3 Å². The van der Waals surface area contributed by atoms with E-state index in [1.165, 1.54) is 42.1 Å². The standard InChI is InChI=1S/C16H27N3S/c1-16(2,3)17-7-6-14-18-19-15(20-14)10-13-9-11-4-5-12(13)8-11/h11-13,17H,4-10H2,1-3H3. The maximum absolute atomic E-state index is 4.42. The molecule has 1 aromatic rings. The van der Waals surface area contributed by atoms with E-state index in [0.29, 0.717) is 0 Å². The van der Waals surface area contributed by atoms with Crippen LogP contribution in [0.1, 0.15) is 56.5 Å². The second-order valence-corrected chi connectivity index (χ2v) is 8.80. The Kier molecular flexibility index (Phi) is 4.14. The molecule has 1 heterocycles. The van der Waals surface area contributed by atoms with Gasteiger partial charge in [-0.2, -0.15) is 0 Å². The van der Waals surface area contributed by atoms with E-state index in [-0.39, 0.29) is 5.54 Å². The van der Waals surface area contributed by atoms with E-state index in [1.807, 2.05) is 11.3 Å². The van der Waals surface area contributed by atoms with Crippen LogP contribution in [-0.2, 0) is 12.8 Å². The fraction of sp³-hybridized carbons (Fsp3) is 0.875. The number of fused-ring (bicyclic) bond motifs is 2. The number of aromatic nitrogens is 2. The number of nitrogens with zero attached hydrogens (tertiary/aromatic N) is 2. The Bertz CT molecular complexity index is 449. The molecular formula is C16H27N3S. The first-order valence-corrected chi connectivity index (χ1v) is 8.87. The third-order valence-corrected chi connectivity index (χ3v) is 5.83. The molecule has 0 radical (unpaired) electrons. The zero-order chi connectivity index (χ0) is 14.2. The molecule has 2 bridgehead atoms. The van der Waals surface area contributed by atoms with E-state index in [4.69, 9.17) is 0 Å². The Hall–Kier alpha value is -0.480. The first kappa shape index (κ1) is 14.5. The van der Waals surface area contributed by atoms with Crippen molar-refractivity contribution in [3.8, 4) is 0 Å². The summed E-state index contributed by atoms with van der Waals surface area (Å²) in [4.78, 5) is 0. The SMILES string of the molecule is CC(C)(C)NCCc1nnc(CC2CC3CCC2C3)s1. The van der Waals surface area contributed by atoms with Crippen LogP contribution >= 0.6 is 11.3 Å². The third kappa shape index (κ3) is 3.59. The van der Waals surface area contributed by atoms with Gasteiger partial charge in [-0.3, -0.25) is 0 Å². The van der Waals surface area contributed by atoms with Crippen molar-refractivity contribution in [3.05, 3.63) is 10.0 Å². The predicted molar refractivity (Wildman–Crippen MR) is 84.0 cm³/mol. The van der Waals surface area contributed by atoms with Crippen LogP contribution in [0.4, 0.5) is 0 Å². The van der Waals surface area contributed by atoms with Gasteiger partial charge in [0, 0.05) is 24.9 Å². The molecule has 1 N–H and O–H groups in total. The smallest absolute Gasteiger partial charge is 0.118 e. The van der Waals surface area contributed by atoms with Crippen LogP contribution < -0.4 is 5.32 Å². The van der Waals surface area contributed by atoms with Gasteiger partial charge in [0.25, 0.3) is 0 Å². The van der Waals surface area contributed by atoms with Crippen molar-refractivity contribution in [2.75, 3.05) is 6.54 Å². The molecule has 4 heteroatoms. The average Bonchev–Trinajstić information content (AvgIpc) is 3.04. The van der Waals surface area contributed by atoms with Crippen molar-refractivity contribution in [1.82, 2.24) is 15.5 Å². The first-order chi connectivity index (χ1) is 9.49. The van der Waals surface area contributed by atoms with Crippen molar-refractivity contribution in [3.63, 3.8) is 0 Å². The summed E-state index contributed by atoms with van der Waals surface area (Å²) < 4.78 is 0. The Morgan fingerprint density at radius 2 is 1.95 bits per heavy atom. The first-order valence-electron chi connectivity index (χ1n) is 8.06. The minimum absolute atomic E-state index is 0.191. The highest BCUT2D eigenvalue weighted by molar-refractivity contribution is 7.11. The molecule has 1 aromatic heterocycles. The quantitative estimate of drug-likeness (QED) is 0.903. The highest BCUT2D eigenvalue weighted by atomic mass is 32.1. The summed E-state index contributed by atoms with van der Waals surface area (Å²) >= 11 is 1.84. The van der Waals surface area contributed by atoms with Crippen molar-refractivity contribution in [2.45, 2.75) is 64.8 Å². The molecule has 2 aliphatic rings. The number of rotatable bonds is 5. The van der Waals surface area contributed by atoms with E-state index in [0.717, 1.165) is 30.7 Å². The van der Waals surface area contributed by atoms with Crippen LogP contribution in [0.2, 0.25) is 0 Å². The summed E-state index contributed by atoms with van der Waals surface area (Å²) in [5.41, 5.74) is 0.191. The third-order valence-electron chi connectivity index (χ3n) is 4.82. The average molecular weight is 293 g/mol. The van der Waals surface area contributed by atoms with Gasteiger partial charge >= 0.3 is 0 Å². The van der Waals surface area contributed by atoms with Crippen LogP contribution in [0, 0.1) is 17.8 Å². The molecule has 20 heavy (non-hydrogen) atoms. The molecule has 0 aliphatic heterocycles. The van der Waals surface area contributed by atoms with Crippen molar-refractivity contribution in [1.29, 1.82) is 0 Å². The molecule has 2 saturated carbocycles. The van der Waals surface area contributed by atoms with Crippen molar-refractivity contribution in [2.24, 2.45) is 17.8 Å². The Morgan fingerprint density at radius 3 is 2.60 bits per heavy atom. The molecule has 0 spiro atoms. The van der Waals surface area contributed by atoms with Gasteiger partial charge in [-0.15, -0.1) is 21.5 Å². The van der Waals surface area contributed by atoms with Crippen LogP contribution in [0.3, 0.4) is 0 Å². The lowest BCUT2D eigenvalue weighted by molar-refractivity contribution is 0.331. The second-order valence-electron chi connectivity index (χ2n) is 7.66. The molecule has 112 valence electrons. The van der Waals surface area contributed by atoms with Crippen LogP contribution in [0.15, 0.2) is 0 Å². The summed E-state index contributed by atoms with van der Waals surface area (Å²) in [6, 6.07) is 0. The maximum Gasteiger partial charge on any atom is 0.118 e. The molecule has 0 amide bonds. The van der Waals surface area contributed by atoms with E-state index in [9.17, 15) is 0 Å². The lowest BCUT2D eigenvalue weighted by atomic mass is 9.87.